The van der Waals surface area contributed by atoms with Gasteiger partial charge in [-0.1, -0.05) is 12.1 Å². The van der Waals surface area contributed by atoms with Crippen LogP contribution in [-0.2, 0) is 6.54 Å². The van der Waals surface area contributed by atoms with Crippen LogP contribution in [0.3, 0.4) is 0 Å². The first kappa shape index (κ1) is 16.0. The van der Waals surface area contributed by atoms with Crippen LogP contribution in [0.25, 0.3) is 0 Å². The third kappa shape index (κ3) is 3.73. The minimum atomic E-state index is -0.303. The van der Waals surface area contributed by atoms with Crippen LogP contribution in [0.5, 0.6) is 0 Å². The number of carbonyl (C=O) groups excluding carboxylic acids is 2. The van der Waals surface area contributed by atoms with Crippen molar-refractivity contribution in [2.45, 2.75) is 6.54 Å². The van der Waals surface area contributed by atoms with Gasteiger partial charge in [-0.25, -0.2) is 9.18 Å². The summed E-state index contributed by atoms with van der Waals surface area (Å²) in [5.41, 5.74) is 0.830. The van der Waals surface area contributed by atoms with E-state index in [2.05, 4.69) is 5.32 Å². The highest BCUT2D eigenvalue weighted by Crippen LogP contribution is 2.10. The largest absolute Gasteiger partial charge is 0.459 e. The summed E-state index contributed by atoms with van der Waals surface area (Å²) >= 11 is 0. The molecule has 1 saturated heterocycles. The van der Waals surface area contributed by atoms with Gasteiger partial charge in [-0.2, -0.15) is 0 Å². The van der Waals surface area contributed by atoms with Gasteiger partial charge < -0.3 is 19.5 Å². The van der Waals surface area contributed by atoms with Crippen LogP contribution in [0.2, 0.25) is 0 Å². The number of furan rings is 1. The maximum absolute atomic E-state index is 12.8. The molecule has 1 N–H and O–H groups in total. The van der Waals surface area contributed by atoms with Crippen LogP contribution in [0, 0.1) is 5.82 Å². The molecule has 2 heterocycles. The maximum atomic E-state index is 12.8. The minimum Gasteiger partial charge on any atom is -0.459 e. The summed E-state index contributed by atoms with van der Waals surface area (Å²) in [4.78, 5) is 27.7. The second-order valence-electron chi connectivity index (χ2n) is 5.54. The Balaban J connectivity index is 1.46. The Kier molecular flexibility index (Phi) is 4.79. The molecule has 2 aromatic rings. The molecular weight excluding hydrogens is 313 g/mol. The third-order valence-electron chi connectivity index (χ3n) is 3.94. The zero-order chi connectivity index (χ0) is 16.9. The van der Waals surface area contributed by atoms with Gasteiger partial charge in [0.15, 0.2) is 5.76 Å². The first-order chi connectivity index (χ1) is 11.6. The lowest BCUT2D eigenvalue weighted by molar-refractivity contribution is 0.0634. The molecule has 0 aliphatic carbocycles. The number of carbonyl (C=O) groups is 2. The quantitative estimate of drug-likeness (QED) is 0.936. The number of piperazine rings is 1. The van der Waals surface area contributed by atoms with E-state index in [1.54, 1.807) is 34.1 Å². The lowest BCUT2D eigenvalue weighted by atomic mass is 10.2. The fourth-order valence-corrected chi connectivity index (χ4v) is 2.56. The fraction of sp³-hybridized carbons (Fsp3) is 0.294. The maximum Gasteiger partial charge on any atom is 0.317 e. The molecule has 1 aromatic heterocycles. The predicted molar refractivity (Wildman–Crippen MR) is 84.8 cm³/mol. The van der Waals surface area contributed by atoms with Gasteiger partial charge in [-0.05, 0) is 29.8 Å². The van der Waals surface area contributed by atoms with Crippen molar-refractivity contribution in [1.82, 2.24) is 15.1 Å². The summed E-state index contributed by atoms with van der Waals surface area (Å²) in [6, 6.07) is 9.10. The average molecular weight is 331 g/mol. The van der Waals surface area contributed by atoms with E-state index >= 15 is 0 Å². The Bertz CT molecular complexity index is 692. The highest BCUT2D eigenvalue weighted by Gasteiger charge is 2.25. The van der Waals surface area contributed by atoms with Gasteiger partial charge in [0.25, 0.3) is 5.91 Å². The van der Waals surface area contributed by atoms with Crippen molar-refractivity contribution in [3.05, 3.63) is 59.8 Å². The number of nitrogens with zero attached hydrogens (tertiary/aromatic N) is 2. The molecule has 0 spiro atoms. The average Bonchev–Trinajstić information content (AvgIpc) is 3.15. The molecule has 0 radical (unpaired) electrons. The molecule has 126 valence electrons. The van der Waals surface area contributed by atoms with Gasteiger partial charge in [0.2, 0.25) is 0 Å². The molecule has 24 heavy (non-hydrogen) atoms. The Hall–Kier alpha value is -2.83. The lowest BCUT2D eigenvalue weighted by Crippen LogP contribution is -2.53. The molecule has 0 atom stereocenters. The van der Waals surface area contributed by atoms with Crippen LogP contribution in [0.4, 0.5) is 9.18 Å². The number of benzene rings is 1. The molecule has 0 saturated carbocycles. The smallest absolute Gasteiger partial charge is 0.317 e. The van der Waals surface area contributed by atoms with Gasteiger partial charge in [-0.3, -0.25) is 4.79 Å². The first-order valence-corrected chi connectivity index (χ1v) is 7.73. The number of halogens is 1. The zero-order valence-electron chi connectivity index (χ0n) is 13.1. The van der Waals surface area contributed by atoms with Gasteiger partial charge in [0, 0.05) is 32.7 Å². The second-order valence-corrected chi connectivity index (χ2v) is 5.54. The van der Waals surface area contributed by atoms with Crippen LogP contribution in [0.1, 0.15) is 16.1 Å². The van der Waals surface area contributed by atoms with E-state index in [4.69, 9.17) is 4.42 Å². The molecule has 1 aliphatic heterocycles. The monoisotopic (exact) mass is 331 g/mol. The third-order valence-corrected chi connectivity index (χ3v) is 3.94. The first-order valence-electron chi connectivity index (χ1n) is 7.73. The molecule has 1 fully saturated rings. The van der Waals surface area contributed by atoms with E-state index in [9.17, 15) is 14.0 Å². The van der Waals surface area contributed by atoms with Crippen LogP contribution >= 0.6 is 0 Å². The van der Waals surface area contributed by atoms with Crippen molar-refractivity contribution in [3.63, 3.8) is 0 Å². The standard InChI is InChI=1S/C17H18FN3O3/c18-14-5-3-13(4-6-14)12-19-17(23)21-9-7-20(8-10-21)16(22)15-2-1-11-24-15/h1-6,11H,7-10,12H2,(H,19,23). The number of amides is 3. The van der Waals surface area contributed by atoms with Crippen LogP contribution < -0.4 is 5.32 Å². The van der Waals surface area contributed by atoms with Crippen molar-refractivity contribution in [1.29, 1.82) is 0 Å². The van der Waals surface area contributed by atoms with E-state index in [0.29, 0.717) is 38.5 Å². The summed E-state index contributed by atoms with van der Waals surface area (Å²) in [6.45, 7) is 2.18. The van der Waals surface area contributed by atoms with Gasteiger partial charge >= 0.3 is 6.03 Å². The van der Waals surface area contributed by atoms with Crippen molar-refractivity contribution in [2.75, 3.05) is 26.2 Å². The normalized spacial score (nSPS) is 14.5. The highest BCUT2D eigenvalue weighted by molar-refractivity contribution is 5.91. The van der Waals surface area contributed by atoms with E-state index in [1.807, 2.05) is 0 Å². The van der Waals surface area contributed by atoms with Crippen LogP contribution in [0.15, 0.2) is 47.1 Å². The molecule has 1 aliphatic rings. The summed E-state index contributed by atoms with van der Waals surface area (Å²) in [7, 11) is 0. The molecular formula is C17H18FN3O3. The number of nitrogens with one attached hydrogen (secondary N) is 1. The summed E-state index contributed by atoms with van der Waals surface area (Å²) < 4.78 is 18.0. The molecule has 6 nitrogen and oxygen atoms in total. The molecule has 3 rings (SSSR count). The van der Waals surface area contributed by atoms with Crippen molar-refractivity contribution in [2.24, 2.45) is 0 Å². The Morgan fingerprint density at radius 3 is 2.33 bits per heavy atom. The van der Waals surface area contributed by atoms with E-state index in [1.165, 1.54) is 18.4 Å². The van der Waals surface area contributed by atoms with Crippen molar-refractivity contribution < 1.29 is 18.4 Å². The molecule has 3 amide bonds. The number of hydrogen-bond acceptors (Lipinski definition) is 3. The molecule has 0 bridgehead atoms. The van der Waals surface area contributed by atoms with Crippen molar-refractivity contribution in [3.8, 4) is 0 Å². The zero-order valence-corrected chi connectivity index (χ0v) is 13.1. The van der Waals surface area contributed by atoms with Gasteiger partial charge in [0.1, 0.15) is 5.82 Å². The van der Waals surface area contributed by atoms with Crippen molar-refractivity contribution >= 4 is 11.9 Å². The molecule has 7 heteroatoms. The Labute approximate surface area is 138 Å². The lowest BCUT2D eigenvalue weighted by Gasteiger charge is -2.34. The van der Waals surface area contributed by atoms with Gasteiger partial charge in [0.05, 0.1) is 6.26 Å². The molecule has 0 unspecified atom stereocenters. The minimum absolute atomic E-state index is 0.161. The summed E-state index contributed by atoms with van der Waals surface area (Å²) in [5, 5.41) is 2.80. The number of urea groups is 1. The Morgan fingerprint density at radius 1 is 1.04 bits per heavy atom. The van der Waals surface area contributed by atoms with Gasteiger partial charge in [-0.15, -0.1) is 0 Å². The van der Waals surface area contributed by atoms with E-state index in [0.717, 1.165) is 5.56 Å². The predicted octanol–water partition coefficient (Wildman–Crippen LogP) is 2.09. The number of hydrogen-bond donors (Lipinski definition) is 1. The van der Waals surface area contributed by atoms with Crippen LogP contribution in [-0.4, -0.2) is 47.9 Å². The van der Waals surface area contributed by atoms with E-state index < -0.39 is 0 Å². The summed E-state index contributed by atoms with van der Waals surface area (Å²) in [5.74, 6) is -0.155. The second kappa shape index (κ2) is 7.16. The van der Waals surface area contributed by atoms with E-state index in [-0.39, 0.29) is 17.8 Å². The SMILES string of the molecule is O=C(NCc1ccc(F)cc1)N1CCN(C(=O)c2ccco2)CC1. The Morgan fingerprint density at radius 2 is 1.71 bits per heavy atom. The topological polar surface area (TPSA) is 65.8 Å². The summed E-state index contributed by atoms with van der Waals surface area (Å²) in [6.07, 6.45) is 1.46. The fourth-order valence-electron chi connectivity index (χ4n) is 2.56. The highest BCUT2D eigenvalue weighted by atomic mass is 19.1. The molecule has 1 aromatic carbocycles. The number of rotatable bonds is 3.